The lowest BCUT2D eigenvalue weighted by Crippen LogP contribution is -2.34. The van der Waals surface area contributed by atoms with Crippen LogP contribution in [0.3, 0.4) is 0 Å². The third-order valence-corrected chi connectivity index (χ3v) is 4.08. The van der Waals surface area contributed by atoms with Crippen molar-refractivity contribution in [2.45, 2.75) is 12.3 Å². The molecule has 3 aromatic rings. The summed E-state index contributed by atoms with van der Waals surface area (Å²) in [6.45, 7) is 1.64. The van der Waals surface area contributed by atoms with E-state index in [1.54, 1.807) is 49.4 Å². The SMILES string of the molecule is CC(C(=O)O)(c1ccc2ocnc2c1)c1ccccc1Cl. The summed E-state index contributed by atoms with van der Waals surface area (Å²) in [5.41, 5.74) is 1.12. The number of nitrogens with zero attached hydrogens (tertiary/aromatic N) is 1. The van der Waals surface area contributed by atoms with E-state index in [1.807, 2.05) is 0 Å². The second-order valence-corrected chi connectivity index (χ2v) is 5.35. The molecule has 0 amide bonds. The number of aliphatic carboxylic acids is 1. The molecule has 5 heteroatoms. The molecule has 21 heavy (non-hydrogen) atoms. The number of hydrogen-bond acceptors (Lipinski definition) is 3. The van der Waals surface area contributed by atoms with E-state index in [2.05, 4.69) is 4.98 Å². The molecule has 106 valence electrons. The van der Waals surface area contributed by atoms with Gasteiger partial charge in [0, 0.05) is 5.02 Å². The summed E-state index contributed by atoms with van der Waals surface area (Å²) in [5.74, 6) is -0.974. The maximum absolute atomic E-state index is 11.9. The molecule has 0 radical (unpaired) electrons. The summed E-state index contributed by atoms with van der Waals surface area (Å²) in [4.78, 5) is 16.0. The third kappa shape index (κ3) is 2.08. The van der Waals surface area contributed by atoms with Gasteiger partial charge in [-0.15, -0.1) is 0 Å². The van der Waals surface area contributed by atoms with Crippen molar-refractivity contribution in [3.63, 3.8) is 0 Å². The number of carboxylic acids is 1. The number of oxazole rings is 1. The Kier molecular flexibility index (Phi) is 3.18. The van der Waals surface area contributed by atoms with Crippen LogP contribution in [0.4, 0.5) is 0 Å². The van der Waals surface area contributed by atoms with Gasteiger partial charge in [0.1, 0.15) is 10.9 Å². The number of aromatic nitrogens is 1. The van der Waals surface area contributed by atoms with Crippen LogP contribution in [0.2, 0.25) is 5.02 Å². The van der Waals surface area contributed by atoms with Crippen LogP contribution in [-0.4, -0.2) is 16.1 Å². The van der Waals surface area contributed by atoms with E-state index in [0.29, 0.717) is 27.2 Å². The normalized spacial score (nSPS) is 14.0. The summed E-state index contributed by atoms with van der Waals surface area (Å²) in [5, 5.41) is 10.2. The predicted molar refractivity (Wildman–Crippen MR) is 79.6 cm³/mol. The monoisotopic (exact) mass is 301 g/mol. The highest BCUT2D eigenvalue weighted by Crippen LogP contribution is 2.37. The number of fused-ring (bicyclic) bond motifs is 1. The molecule has 0 spiro atoms. The van der Waals surface area contributed by atoms with Crippen molar-refractivity contribution in [2.75, 3.05) is 0 Å². The zero-order chi connectivity index (χ0) is 15.0. The number of benzene rings is 2. The smallest absolute Gasteiger partial charge is 0.318 e. The van der Waals surface area contributed by atoms with E-state index in [9.17, 15) is 9.90 Å². The summed E-state index contributed by atoms with van der Waals surface area (Å²) in [6, 6.07) is 12.1. The molecule has 1 heterocycles. The second-order valence-electron chi connectivity index (χ2n) is 4.94. The molecule has 0 fully saturated rings. The molecule has 1 aromatic heterocycles. The van der Waals surface area contributed by atoms with Gasteiger partial charge in [0.05, 0.1) is 0 Å². The molecule has 0 bridgehead atoms. The fourth-order valence-electron chi connectivity index (χ4n) is 2.43. The van der Waals surface area contributed by atoms with Gasteiger partial charge in [0.25, 0.3) is 0 Å². The maximum Gasteiger partial charge on any atom is 0.318 e. The standard InChI is InChI=1S/C16H12ClNO3/c1-16(15(19)20,11-4-2-3-5-12(11)17)10-6-7-14-13(8-10)18-9-21-14/h2-9H,1H3,(H,19,20). The van der Waals surface area contributed by atoms with Crippen LogP contribution in [0.1, 0.15) is 18.1 Å². The highest BCUT2D eigenvalue weighted by Gasteiger charge is 2.39. The van der Waals surface area contributed by atoms with E-state index in [1.165, 1.54) is 6.39 Å². The van der Waals surface area contributed by atoms with E-state index in [0.717, 1.165) is 0 Å². The van der Waals surface area contributed by atoms with Crippen LogP contribution in [0.25, 0.3) is 11.1 Å². The predicted octanol–water partition coefficient (Wildman–Crippen LogP) is 3.87. The van der Waals surface area contributed by atoms with Gasteiger partial charge >= 0.3 is 5.97 Å². The Balaban J connectivity index is 2.26. The van der Waals surface area contributed by atoms with Crippen molar-refractivity contribution in [2.24, 2.45) is 0 Å². The van der Waals surface area contributed by atoms with Crippen molar-refractivity contribution in [1.82, 2.24) is 4.98 Å². The van der Waals surface area contributed by atoms with Crippen LogP contribution in [0, 0.1) is 0 Å². The van der Waals surface area contributed by atoms with Crippen LogP contribution in [-0.2, 0) is 10.2 Å². The Hall–Kier alpha value is -2.33. The minimum Gasteiger partial charge on any atom is -0.480 e. The Labute approximate surface area is 126 Å². The van der Waals surface area contributed by atoms with Crippen molar-refractivity contribution < 1.29 is 14.3 Å². The van der Waals surface area contributed by atoms with E-state index in [4.69, 9.17) is 16.0 Å². The van der Waals surface area contributed by atoms with E-state index in [-0.39, 0.29) is 0 Å². The molecule has 0 aliphatic rings. The highest BCUT2D eigenvalue weighted by molar-refractivity contribution is 6.31. The molecule has 3 rings (SSSR count). The van der Waals surface area contributed by atoms with Crippen molar-refractivity contribution in [3.8, 4) is 0 Å². The molecule has 1 unspecified atom stereocenters. The molecule has 1 atom stereocenters. The molecule has 0 aliphatic carbocycles. The third-order valence-electron chi connectivity index (χ3n) is 3.75. The van der Waals surface area contributed by atoms with Gasteiger partial charge < -0.3 is 9.52 Å². The first kappa shape index (κ1) is 13.6. The minimum atomic E-state index is -1.26. The average Bonchev–Trinajstić information content (AvgIpc) is 2.94. The fraction of sp³-hybridized carbons (Fsp3) is 0.125. The summed E-state index contributed by atoms with van der Waals surface area (Å²) in [7, 11) is 0. The molecule has 1 N–H and O–H groups in total. The topological polar surface area (TPSA) is 63.3 Å². The number of rotatable bonds is 3. The highest BCUT2D eigenvalue weighted by atomic mass is 35.5. The van der Waals surface area contributed by atoms with Crippen LogP contribution < -0.4 is 0 Å². The molecule has 0 saturated heterocycles. The van der Waals surface area contributed by atoms with E-state index >= 15 is 0 Å². The fourth-order valence-corrected chi connectivity index (χ4v) is 2.75. The van der Waals surface area contributed by atoms with Gasteiger partial charge in [0.15, 0.2) is 12.0 Å². The molecule has 0 aliphatic heterocycles. The van der Waals surface area contributed by atoms with Crippen molar-refractivity contribution in [1.29, 1.82) is 0 Å². The molecular weight excluding hydrogens is 290 g/mol. The largest absolute Gasteiger partial charge is 0.480 e. The first-order valence-electron chi connectivity index (χ1n) is 6.35. The van der Waals surface area contributed by atoms with Gasteiger partial charge in [0.2, 0.25) is 0 Å². The summed E-state index contributed by atoms with van der Waals surface area (Å²) >= 11 is 6.20. The number of halogens is 1. The molecular formula is C16H12ClNO3. The molecule has 4 nitrogen and oxygen atoms in total. The Bertz CT molecular complexity index is 827. The van der Waals surface area contributed by atoms with Crippen molar-refractivity contribution >= 4 is 28.7 Å². The van der Waals surface area contributed by atoms with Gasteiger partial charge in [-0.3, -0.25) is 4.79 Å². The zero-order valence-corrected chi connectivity index (χ0v) is 12.0. The van der Waals surface area contributed by atoms with Gasteiger partial charge in [-0.1, -0.05) is 35.9 Å². The summed E-state index contributed by atoms with van der Waals surface area (Å²) < 4.78 is 5.19. The van der Waals surface area contributed by atoms with Gasteiger partial charge in [-0.2, -0.15) is 0 Å². The van der Waals surface area contributed by atoms with Crippen LogP contribution in [0.5, 0.6) is 0 Å². The summed E-state index contributed by atoms with van der Waals surface area (Å²) in [6.07, 6.45) is 1.34. The Morgan fingerprint density at radius 2 is 2.05 bits per heavy atom. The minimum absolute atomic E-state index is 0.419. The van der Waals surface area contributed by atoms with Gasteiger partial charge in [-0.25, -0.2) is 4.98 Å². The lowest BCUT2D eigenvalue weighted by Gasteiger charge is -2.27. The van der Waals surface area contributed by atoms with Crippen LogP contribution >= 0.6 is 11.6 Å². The lowest BCUT2D eigenvalue weighted by atomic mass is 9.76. The Morgan fingerprint density at radius 3 is 2.76 bits per heavy atom. The number of hydrogen-bond donors (Lipinski definition) is 1. The van der Waals surface area contributed by atoms with E-state index < -0.39 is 11.4 Å². The Morgan fingerprint density at radius 1 is 1.29 bits per heavy atom. The maximum atomic E-state index is 11.9. The number of carbonyl (C=O) groups is 1. The second kappa shape index (κ2) is 4.90. The first-order chi connectivity index (χ1) is 10.0. The lowest BCUT2D eigenvalue weighted by molar-refractivity contribution is -0.141. The quantitative estimate of drug-likeness (QED) is 0.797. The number of carboxylic acid groups (broad SMARTS) is 1. The van der Waals surface area contributed by atoms with Crippen molar-refractivity contribution in [3.05, 3.63) is 65.0 Å². The molecule has 0 saturated carbocycles. The van der Waals surface area contributed by atoms with Gasteiger partial charge in [-0.05, 0) is 36.2 Å². The average molecular weight is 302 g/mol. The van der Waals surface area contributed by atoms with Crippen LogP contribution in [0.15, 0.2) is 53.3 Å². The first-order valence-corrected chi connectivity index (χ1v) is 6.73. The zero-order valence-electron chi connectivity index (χ0n) is 11.2. The molecule has 2 aromatic carbocycles.